The lowest BCUT2D eigenvalue weighted by Crippen LogP contribution is -2.25. The predicted molar refractivity (Wildman–Crippen MR) is 77.4 cm³/mol. The maximum absolute atomic E-state index is 5.60. The van der Waals surface area contributed by atoms with Gasteiger partial charge in [0.1, 0.15) is 12.1 Å². The molecule has 0 saturated heterocycles. The number of aromatic nitrogens is 2. The first-order valence-corrected chi connectivity index (χ1v) is 7.35. The second kappa shape index (κ2) is 6.22. The SMILES string of the molecule is CCC1CCC(Nc2cc(OC(C)C)ncn2)C1C. The van der Waals surface area contributed by atoms with Crippen LogP contribution in [0, 0.1) is 11.8 Å². The van der Waals surface area contributed by atoms with Gasteiger partial charge in [-0.25, -0.2) is 9.97 Å². The fourth-order valence-corrected chi connectivity index (χ4v) is 2.94. The zero-order chi connectivity index (χ0) is 13.8. The van der Waals surface area contributed by atoms with Crippen molar-refractivity contribution in [1.29, 1.82) is 0 Å². The molecule has 0 bridgehead atoms. The lowest BCUT2D eigenvalue weighted by Gasteiger charge is -2.21. The molecule has 1 saturated carbocycles. The Balaban J connectivity index is 1.99. The van der Waals surface area contributed by atoms with Crippen LogP contribution in [0.4, 0.5) is 5.82 Å². The Bertz CT molecular complexity index is 408. The number of nitrogens with zero attached hydrogens (tertiary/aromatic N) is 2. The summed E-state index contributed by atoms with van der Waals surface area (Å²) in [6.45, 7) is 8.62. The van der Waals surface area contributed by atoms with E-state index in [1.54, 1.807) is 6.33 Å². The van der Waals surface area contributed by atoms with Crippen LogP contribution in [0.3, 0.4) is 0 Å². The van der Waals surface area contributed by atoms with Gasteiger partial charge in [0, 0.05) is 12.1 Å². The van der Waals surface area contributed by atoms with E-state index in [9.17, 15) is 0 Å². The van der Waals surface area contributed by atoms with Gasteiger partial charge in [-0.3, -0.25) is 0 Å². The second-order valence-electron chi connectivity index (χ2n) is 5.76. The lowest BCUT2D eigenvalue weighted by molar-refractivity contribution is 0.232. The molecule has 1 fully saturated rings. The molecule has 1 heterocycles. The molecule has 3 atom stereocenters. The average molecular weight is 263 g/mol. The van der Waals surface area contributed by atoms with Gasteiger partial charge in [0.05, 0.1) is 6.10 Å². The van der Waals surface area contributed by atoms with Crippen molar-refractivity contribution in [3.8, 4) is 5.88 Å². The van der Waals surface area contributed by atoms with Crippen molar-refractivity contribution in [3.05, 3.63) is 12.4 Å². The molecule has 0 aromatic carbocycles. The van der Waals surface area contributed by atoms with Gasteiger partial charge in [0.15, 0.2) is 0 Å². The topological polar surface area (TPSA) is 47.0 Å². The minimum atomic E-state index is 0.137. The first kappa shape index (κ1) is 14.1. The number of nitrogens with one attached hydrogen (secondary N) is 1. The summed E-state index contributed by atoms with van der Waals surface area (Å²) in [5, 5.41) is 3.54. The smallest absolute Gasteiger partial charge is 0.218 e. The molecule has 4 nitrogen and oxygen atoms in total. The quantitative estimate of drug-likeness (QED) is 0.883. The number of anilines is 1. The number of ether oxygens (including phenoxy) is 1. The average Bonchev–Trinajstić information content (AvgIpc) is 2.70. The van der Waals surface area contributed by atoms with Crippen molar-refractivity contribution in [3.63, 3.8) is 0 Å². The van der Waals surface area contributed by atoms with Crippen LogP contribution in [0.15, 0.2) is 12.4 Å². The molecule has 1 aromatic rings. The third-order valence-corrected chi connectivity index (χ3v) is 4.08. The maximum Gasteiger partial charge on any atom is 0.218 e. The summed E-state index contributed by atoms with van der Waals surface area (Å²) >= 11 is 0. The zero-order valence-electron chi connectivity index (χ0n) is 12.4. The number of hydrogen-bond donors (Lipinski definition) is 1. The van der Waals surface area contributed by atoms with Crippen LogP contribution >= 0.6 is 0 Å². The molecule has 0 spiro atoms. The Labute approximate surface area is 116 Å². The first-order valence-electron chi connectivity index (χ1n) is 7.35. The van der Waals surface area contributed by atoms with Gasteiger partial charge in [0.2, 0.25) is 5.88 Å². The van der Waals surface area contributed by atoms with E-state index in [-0.39, 0.29) is 6.10 Å². The van der Waals surface area contributed by atoms with Gasteiger partial charge >= 0.3 is 0 Å². The second-order valence-corrected chi connectivity index (χ2v) is 5.76. The molecule has 2 rings (SSSR count). The number of hydrogen-bond acceptors (Lipinski definition) is 4. The van der Waals surface area contributed by atoms with Crippen LogP contribution in [-0.2, 0) is 0 Å². The van der Waals surface area contributed by atoms with Crippen LogP contribution in [0.1, 0.15) is 47.0 Å². The first-order chi connectivity index (χ1) is 9.10. The minimum absolute atomic E-state index is 0.137. The fourth-order valence-electron chi connectivity index (χ4n) is 2.94. The van der Waals surface area contributed by atoms with Crippen LogP contribution in [0.25, 0.3) is 0 Å². The monoisotopic (exact) mass is 263 g/mol. The van der Waals surface area contributed by atoms with Gasteiger partial charge in [-0.05, 0) is 38.5 Å². The molecule has 4 heteroatoms. The van der Waals surface area contributed by atoms with Crippen molar-refractivity contribution < 1.29 is 4.74 Å². The Morgan fingerprint density at radius 1 is 1.37 bits per heavy atom. The molecule has 1 aromatic heterocycles. The highest BCUT2D eigenvalue weighted by Gasteiger charge is 2.31. The van der Waals surface area contributed by atoms with Crippen molar-refractivity contribution in [1.82, 2.24) is 9.97 Å². The third-order valence-electron chi connectivity index (χ3n) is 4.08. The van der Waals surface area contributed by atoms with Crippen LogP contribution in [0.2, 0.25) is 0 Å². The molecule has 19 heavy (non-hydrogen) atoms. The molecular weight excluding hydrogens is 238 g/mol. The Hall–Kier alpha value is -1.32. The predicted octanol–water partition coefficient (Wildman–Crippen LogP) is 3.50. The third kappa shape index (κ3) is 3.58. The molecule has 1 aliphatic carbocycles. The summed E-state index contributed by atoms with van der Waals surface area (Å²) in [6, 6.07) is 2.41. The highest BCUT2D eigenvalue weighted by atomic mass is 16.5. The molecule has 1 N–H and O–H groups in total. The van der Waals surface area contributed by atoms with Gasteiger partial charge in [-0.15, -0.1) is 0 Å². The lowest BCUT2D eigenvalue weighted by atomic mass is 9.93. The number of rotatable bonds is 5. The summed E-state index contributed by atoms with van der Waals surface area (Å²) in [4.78, 5) is 8.42. The molecule has 106 valence electrons. The van der Waals surface area contributed by atoms with Gasteiger partial charge in [0.25, 0.3) is 0 Å². The summed E-state index contributed by atoms with van der Waals surface area (Å²) < 4.78 is 5.60. The molecular formula is C15H25N3O. The largest absolute Gasteiger partial charge is 0.475 e. The van der Waals surface area contributed by atoms with Crippen molar-refractivity contribution in [2.75, 3.05) is 5.32 Å². The van der Waals surface area contributed by atoms with Crippen LogP contribution in [0.5, 0.6) is 5.88 Å². The normalized spacial score (nSPS) is 26.7. The van der Waals surface area contributed by atoms with E-state index >= 15 is 0 Å². The van der Waals surface area contributed by atoms with E-state index in [0.29, 0.717) is 17.8 Å². The van der Waals surface area contributed by atoms with E-state index in [1.807, 2.05) is 19.9 Å². The Morgan fingerprint density at radius 3 is 2.79 bits per heavy atom. The zero-order valence-corrected chi connectivity index (χ0v) is 12.4. The fraction of sp³-hybridized carbons (Fsp3) is 0.733. The molecule has 0 amide bonds. The summed E-state index contributed by atoms with van der Waals surface area (Å²) in [5.41, 5.74) is 0. The Kier molecular flexibility index (Phi) is 4.61. The highest BCUT2D eigenvalue weighted by molar-refractivity contribution is 5.38. The summed E-state index contributed by atoms with van der Waals surface area (Å²) in [6.07, 6.45) is 5.51. The van der Waals surface area contributed by atoms with E-state index in [1.165, 1.54) is 19.3 Å². The van der Waals surface area contributed by atoms with E-state index in [0.717, 1.165) is 11.7 Å². The van der Waals surface area contributed by atoms with Crippen molar-refractivity contribution in [2.45, 2.75) is 59.1 Å². The molecule has 3 unspecified atom stereocenters. The van der Waals surface area contributed by atoms with E-state index in [4.69, 9.17) is 4.74 Å². The maximum atomic E-state index is 5.60. The van der Waals surface area contributed by atoms with Crippen molar-refractivity contribution >= 4 is 5.82 Å². The highest BCUT2D eigenvalue weighted by Crippen LogP contribution is 2.35. The molecule has 0 radical (unpaired) electrons. The van der Waals surface area contributed by atoms with E-state index in [2.05, 4.69) is 29.1 Å². The standard InChI is InChI=1S/C15H25N3O/c1-5-12-6-7-13(11(12)4)18-14-8-15(17-9-16-14)19-10(2)3/h8-13H,5-7H2,1-4H3,(H,16,17,18). The van der Waals surface area contributed by atoms with E-state index < -0.39 is 0 Å². The van der Waals surface area contributed by atoms with Crippen LogP contribution < -0.4 is 10.1 Å². The van der Waals surface area contributed by atoms with Gasteiger partial charge in [-0.2, -0.15) is 0 Å². The van der Waals surface area contributed by atoms with Gasteiger partial charge < -0.3 is 10.1 Å². The minimum Gasteiger partial charge on any atom is -0.475 e. The summed E-state index contributed by atoms with van der Waals surface area (Å²) in [7, 11) is 0. The van der Waals surface area contributed by atoms with Gasteiger partial charge in [-0.1, -0.05) is 20.3 Å². The van der Waals surface area contributed by atoms with Crippen LogP contribution in [-0.4, -0.2) is 22.1 Å². The molecule has 1 aliphatic rings. The Morgan fingerprint density at radius 2 is 2.16 bits per heavy atom. The molecule has 0 aliphatic heterocycles. The van der Waals surface area contributed by atoms with Crippen molar-refractivity contribution in [2.24, 2.45) is 11.8 Å². The summed E-state index contributed by atoms with van der Waals surface area (Å²) in [5.74, 6) is 3.06.